The van der Waals surface area contributed by atoms with Gasteiger partial charge in [0.1, 0.15) is 0 Å². The molecule has 1 aliphatic heterocycles. The van der Waals surface area contributed by atoms with E-state index < -0.39 is 0 Å². The van der Waals surface area contributed by atoms with Gasteiger partial charge in [-0.15, -0.1) is 0 Å². The summed E-state index contributed by atoms with van der Waals surface area (Å²) in [5.74, 6) is 0.925. The third kappa shape index (κ3) is 4.55. The van der Waals surface area contributed by atoms with Crippen LogP contribution in [0.4, 0.5) is 0 Å². The van der Waals surface area contributed by atoms with Gasteiger partial charge in [0.2, 0.25) is 0 Å². The Labute approximate surface area is 114 Å². The maximum atomic E-state index is 3.60. The van der Waals surface area contributed by atoms with Crippen molar-refractivity contribution in [1.29, 1.82) is 0 Å². The van der Waals surface area contributed by atoms with Gasteiger partial charge >= 0.3 is 0 Å². The second-order valence-electron chi connectivity index (χ2n) is 6.69. The summed E-state index contributed by atoms with van der Waals surface area (Å²) in [5, 5.41) is 3.60. The average molecular weight is 252 g/mol. The van der Waals surface area contributed by atoms with E-state index in [-0.39, 0.29) is 0 Å². The molecule has 1 saturated carbocycles. The lowest BCUT2D eigenvalue weighted by atomic mass is 9.94. The van der Waals surface area contributed by atoms with E-state index in [9.17, 15) is 0 Å². The second kappa shape index (κ2) is 7.49. The molecule has 0 spiro atoms. The molecule has 2 aliphatic rings. The van der Waals surface area contributed by atoms with Crippen molar-refractivity contribution < 1.29 is 0 Å². The number of nitrogens with one attached hydrogen (secondary N) is 1. The second-order valence-corrected chi connectivity index (χ2v) is 6.69. The van der Waals surface area contributed by atoms with Crippen LogP contribution in [0.5, 0.6) is 0 Å². The minimum Gasteiger partial charge on any atom is -0.314 e. The van der Waals surface area contributed by atoms with Gasteiger partial charge in [0.15, 0.2) is 0 Å². The monoisotopic (exact) mass is 252 g/mol. The Balaban J connectivity index is 1.68. The Bertz CT molecular complexity index is 211. The summed E-state index contributed by atoms with van der Waals surface area (Å²) < 4.78 is 0. The molecule has 2 nitrogen and oxygen atoms in total. The number of hydrogen-bond acceptors (Lipinski definition) is 2. The number of rotatable bonds is 4. The van der Waals surface area contributed by atoms with E-state index in [1.54, 1.807) is 0 Å². The fourth-order valence-electron chi connectivity index (χ4n) is 3.55. The average Bonchev–Trinajstić information content (AvgIpc) is 2.66. The number of hydrogen-bond donors (Lipinski definition) is 1. The predicted octanol–water partition coefficient (Wildman–Crippen LogP) is 3.42. The van der Waals surface area contributed by atoms with Crippen LogP contribution in [0.15, 0.2) is 0 Å². The quantitative estimate of drug-likeness (QED) is 0.771. The summed E-state index contributed by atoms with van der Waals surface area (Å²) in [6.07, 6.45) is 11.7. The fourth-order valence-corrected chi connectivity index (χ4v) is 3.55. The number of likely N-dealkylation sites (tertiary alicyclic amines) is 1. The van der Waals surface area contributed by atoms with Crippen molar-refractivity contribution >= 4 is 0 Å². The zero-order chi connectivity index (χ0) is 12.8. The molecule has 1 heterocycles. The van der Waals surface area contributed by atoms with Crippen LogP contribution in [0.2, 0.25) is 0 Å². The maximum Gasteiger partial charge on any atom is 0.00952 e. The van der Waals surface area contributed by atoms with Crippen LogP contribution in [0.1, 0.15) is 65.2 Å². The van der Waals surface area contributed by atoms with E-state index in [4.69, 9.17) is 0 Å². The van der Waals surface area contributed by atoms with Crippen molar-refractivity contribution in [1.82, 2.24) is 10.2 Å². The Kier molecular flexibility index (Phi) is 5.97. The first-order valence-corrected chi connectivity index (χ1v) is 8.23. The summed E-state index contributed by atoms with van der Waals surface area (Å²) in [5.41, 5.74) is 0. The maximum absolute atomic E-state index is 3.60. The third-order valence-corrected chi connectivity index (χ3v) is 4.80. The molecule has 2 fully saturated rings. The molecule has 106 valence electrons. The van der Waals surface area contributed by atoms with E-state index in [1.165, 1.54) is 71.0 Å². The van der Waals surface area contributed by atoms with Gasteiger partial charge in [0.05, 0.1) is 0 Å². The normalized spacial score (nSPS) is 25.5. The van der Waals surface area contributed by atoms with Gasteiger partial charge in [0, 0.05) is 12.1 Å². The standard InChI is InChI=1S/C16H32N2/c1-14(2)17-13-15-9-11-18(12-10-15)16-7-5-3-4-6-8-16/h14-17H,3-13H2,1-2H3. The number of piperidine rings is 1. The first-order chi connectivity index (χ1) is 8.75. The lowest BCUT2D eigenvalue weighted by Gasteiger charge is -2.37. The highest BCUT2D eigenvalue weighted by Gasteiger charge is 2.25. The fraction of sp³-hybridized carbons (Fsp3) is 1.00. The molecule has 0 bridgehead atoms. The van der Waals surface area contributed by atoms with Crippen LogP contribution in [0, 0.1) is 5.92 Å². The van der Waals surface area contributed by atoms with Crippen molar-refractivity contribution in [2.24, 2.45) is 5.92 Å². The van der Waals surface area contributed by atoms with Crippen LogP contribution in [0.25, 0.3) is 0 Å². The highest BCUT2D eigenvalue weighted by atomic mass is 15.2. The molecule has 0 amide bonds. The van der Waals surface area contributed by atoms with Crippen LogP contribution >= 0.6 is 0 Å². The van der Waals surface area contributed by atoms with Crippen LogP contribution < -0.4 is 5.32 Å². The van der Waals surface area contributed by atoms with Gasteiger partial charge in [-0.05, 0) is 51.2 Å². The van der Waals surface area contributed by atoms with Crippen molar-refractivity contribution in [3.8, 4) is 0 Å². The molecule has 0 unspecified atom stereocenters. The molecule has 0 atom stereocenters. The smallest absolute Gasteiger partial charge is 0.00952 e. The predicted molar refractivity (Wildman–Crippen MR) is 78.9 cm³/mol. The lowest BCUT2D eigenvalue weighted by Crippen LogP contribution is -2.43. The van der Waals surface area contributed by atoms with Crippen molar-refractivity contribution in [2.75, 3.05) is 19.6 Å². The Morgan fingerprint density at radius 2 is 1.56 bits per heavy atom. The molecule has 0 aromatic rings. The molecule has 18 heavy (non-hydrogen) atoms. The SMILES string of the molecule is CC(C)NCC1CCN(C2CCCCCC2)CC1. The highest BCUT2D eigenvalue weighted by Crippen LogP contribution is 2.26. The van der Waals surface area contributed by atoms with Crippen LogP contribution in [-0.4, -0.2) is 36.6 Å². The van der Waals surface area contributed by atoms with Crippen LogP contribution in [0.3, 0.4) is 0 Å². The molecule has 0 aromatic carbocycles. The minimum atomic E-state index is 0.643. The van der Waals surface area contributed by atoms with E-state index >= 15 is 0 Å². The summed E-state index contributed by atoms with van der Waals surface area (Å²) in [6, 6.07) is 1.57. The van der Waals surface area contributed by atoms with Gasteiger partial charge in [-0.2, -0.15) is 0 Å². The first-order valence-electron chi connectivity index (χ1n) is 8.23. The van der Waals surface area contributed by atoms with Gasteiger partial charge in [-0.3, -0.25) is 0 Å². The molecule has 0 radical (unpaired) electrons. The molecule has 1 N–H and O–H groups in total. The largest absolute Gasteiger partial charge is 0.314 e. The van der Waals surface area contributed by atoms with E-state index in [0.717, 1.165) is 12.0 Å². The minimum absolute atomic E-state index is 0.643. The summed E-state index contributed by atoms with van der Waals surface area (Å²) >= 11 is 0. The molecular weight excluding hydrogens is 220 g/mol. The van der Waals surface area contributed by atoms with Crippen molar-refractivity contribution in [3.63, 3.8) is 0 Å². The first kappa shape index (κ1) is 14.3. The van der Waals surface area contributed by atoms with Gasteiger partial charge < -0.3 is 10.2 Å². The molecule has 2 heteroatoms. The Hall–Kier alpha value is -0.0800. The van der Waals surface area contributed by atoms with Gasteiger partial charge in [-0.25, -0.2) is 0 Å². The lowest BCUT2D eigenvalue weighted by molar-refractivity contribution is 0.120. The van der Waals surface area contributed by atoms with Crippen LogP contribution in [-0.2, 0) is 0 Å². The topological polar surface area (TPSA) is 15.3 Å². The summed E-state index contributed by atoms with van der Waals surface area (Å²) in [4.78, 5) is 2.80. The van der Waals surface area contributed by atoms with Crippen molar-refractivity contribution in [3.05, 3.63) is 0 Å². The Morgan fingerprint density at radius 1 is 0.944 bits per heavy atom. The highest BCUT2D eigenvalue weighted by molar-refractivity contribution is 4.81. The summed E-state index contributed by atoms with van der Waals surface area (Å²) in [6.45, 7) is 8.45. The molecular formula is C16H32N2. The summed E-state index contributed by atoms with van der Waals surface area (Å²) in [7, 11) is 0. The van der Waals surface area contributed by atoms with E-state index in [2.05, 4.69) is 24.1 Å². The van der Waals surface area contributed by atoms with E-state index in [0.29, 0.717) is 6.04 Å². The number of nitrogens with zero attached hydrogens (tertiary/aromatic N) is 1. The Morgan fingerprint density at radius 3 is 2.11 bits per heavy atom. The molecule has 1 saturated heterocycles. The van der Waals surface area contributed by atoms with Crippen molar-refractivity contribution in [2.45, 2.75) is 77.3 Å². The molecule has 1 aliphatic carbocycles. The van der Waals surface area contributed by atoms with Gasteiger partial charge in [0.25, 0.3) is 0 Å². The third-order valence-electron chi connectivity index (χ3n) is 4.80. The zero-order valence-corrected chi connectivity index (χ0v) is 12.5. The molecule has 2 rings (SSSR count). The molecule has 0 aromatic heterocycles. The van der Waals surface area contributed by atoms with E-state index in [1.807, 2.05) is 0 Å². The zero-order valence-electron chi connectivity index (χ0n) is 12.5. The van der Waals surface area contributed by atoms with Gasteiger partial charge in [-0.1, -0.05) is 39.5 Å².